The van der Waals surface area contributed by atoms with Crippen LogP contribution in [-0.4, -0.2) is 33.3 Å². The summed E-state index contributed by atoms with van der Waals surface area (Å²) in [6.07, 6.45) is 2.12. The van der Waals surface area contributed by atoms with Crippen LogP contribution in [0.3, 0.4) is 0 Å². The van der Waals surface area contributed by atoms with Crippen LogP contribution in [0.15, 0.2) is 26.4 Å². The second kappa shape index (κ2) is 6.56. The minimum absolute atomic E-state index is 0.197. The van der Waals surface area contributed by atoms with Gasteiger partial charge >= 0.3 is 5.88 Å². The molecule has 0 aromatic carbocycles. The van der Waals surface area contributed by atoms with Crippen molar-refractivity contribution in [2.45, 2.75) is 20.3 Å². The van der Waals surface area contributed by atoms with E-state index in [0.29, 0.717) is 23.0 Å². The van der Waals surface area contributed by atoms with Gasteiger partial charge in [-0.25, -0.2) is 0 Å². The molecule has 0 aliphatic carbocycles. The number of amidine groups is 1. The lowest BCUT2D eigenvalue weighted by molar-refractivity contribution is -0.402. The van der Waals surface area contributed by atoms with Gasteiger partial charge in [0.1, 0.15) is 10.7 Å². The predicted molar refractivity (Wildman–Crippen MR) is 81.1 cm³/mol. The van der Waals surface area contributed by atoms with E-state index in [-0.39, 0.29) is 11.7 Å². The van der Waals surface area contributed by atoms with E-state index in [2.05, 4.69) is 4.99 Å². The molecule has 116 valence electrons. The number of amides is 2. The van der Waals surface area contributed by atoms with Gasteiger partial charge in [0.2, 0.25) is 5.91 Å². The van der Waals surface area contributed by atoms with E-state index >= 15 is 0 Å². The Labute approximate surface area is 130 Å². The second-order valence-corrected chi connectivity index (χ2v) is 5.42. The molecule has 0 spiro atoms. The van der Waals surface area contributed by atoms with E-state index in [0.717, 1.165) is 11.8 Å². The van der Waals surface area contributed by atoms with Gasteiger partial charge in [-0.15, -0.1) is 0 Å². The summed E-state index contributed by atoms with van der Waals surface area (Å²) in [5.74, 6) is -0.898. The normalized spacial score (nSPS) is 18.5. The van der Waals surface area contributed by atoms with E-state index in [1.54, 1.807) is 0 Å². The average Bonchev–Trinajstić information content (AvgIpc) is 3.00. The highest BCUT2D eigenvalue weighted by Crippen LogP contribution is 2.33. The first-order valence-electron chi connectivity index (χ1n) is 6.47. The smallest absolute Gasteiger partial charge is 0.401 e. The summed E-state index contributed by atoms with van der Waals surface area (Å²) in [6.45, 7) is 3.65. The zero-order valence-corrected chi connectivity index (χ0v) is 12.8. The third-order valence-electron chi connectivity index (χ3n) is 2.65. The number of carbonyl (C=O) groups excluding carboxylic acids is 2. The van der Waals surface area contributed by atoms with E-state index < -0.39 is 16.7 Å². The quantitative estimate of drug-likeness (QED) is 0.478. The highest BCUT2D eigenvalue weighted by atomic mass is 32.2. The Balaban J connectivity index is 2.31. The lowest BCUT2D eigenvalue weighted by atomic mass is 10.3. The Morgan fingerprint density at radius 3 is 2.82 bits per heavy atom. The highest BCUT2D eigenvalue weighted by molar-refractivity contribution is 8.18. The SMILES string of the molecule is CCCN1C(=O)/C(=C/c2ccc([N+](=O)[O-])o2)SC1=NC(C)=O. The topological polar surface area (TPSA) is 106 Å². The molecular formula is C13H13N3O5S. The zero-order valence-electron chi connectivity index (χ0n) is 11.9. The van der Waals surface area contributed by atoms with E-state index in [1.165, 1.54) is 30.0 Å². The van der Waals surface area contributed by atoms with Gasteiger partial charge in [0.05, 0.1) is 11.0 Å². The molecule has 1 aromatic heterocycles. The minimum atomic E-state index is -0.655. The summed E-state index contributed by atoms with van der Waals surface area (Å²) < 4.78 is 5.00. The maximum Gasteiger partial charge on any atom is 0.433 e. The largest absolute Gasteiger partial charge is 0.433 e. The van der Waals surface area contributed by atoms with Crippen LogP contribution in [0.25, 0.3) is 6.08 Å². The van der Waals surface area contributed by atoms with Gasteiger partial charge in [-0.1, -0.05) is 6.92 Å². The molecule has 22 heavy (non-hydrogen) atoms. The molecule has 0 bridgehead atoms. The first-order valence-corrected chi connectivity index (χ1v) is 7.29. The number of hydrogen-bond acceptors (Lipinski definition) is 6. The molecule has 0 N–H and O–H groups in total. The molecule has 8 nitrogen and oxygen atoms in total. The molecule has 9 heteroatoms. The van der Waals surface area contributed by atoms with Gasteiger partial charge < -0.3 is 4.42 Å². The molecule has 0 unspecified atom stereocenters. The highest BCUT2D eigenvalue weighted by Gasteiger charge is 2.33. The summed E-state index contributed by atoms with van der Waals surface area (Å²) in [7, 11) is 0. The molecule has 2 rings (SSSR count). The number of hydrogen-bond donors (Lipinski definition) is 0. The van der Waals surface area contributed by atoms with E-state index in [4.69, 9.17) is 4.42 Å². The zero-order chi connectivity index (χ0) is 16.3. The summed E-state index contributed by atoms with van der Waals surface area (Å²) in [4.78, 5) is 38.9. The van der Waals surface area contributed by atoms with Crippen LogP contribution in [0.4, 0.5) is 5.88 Å². The molecule has 1 aliphatic heterocycles. The number of furan rings is 1. The molecule has 1 aliphatic rings. The van der Waals surface area contributed by atoms with Crippen molar-refractivity contribution >= 4 is 40.7 Å². The molecule has 0 saturated carbocycles. The Kier molecular flexibility index (Phi) is 4.76. The Bertz CT molecular complexity index is 692. The molecule has 1 fully saturated rings. The van der Waals surface area contributed by atoms with Crippen molar-refractivity contribution in [1.29, 1.82) is 0 Å². The molecule has 1 aromatic rings. The second-order valence-electron chi connectivity index (χ2n) is 4.41. The number of carbonyl (C=O) groups is 2. The van der Waals surface area contributed by atoms with Crippen LogP contribution in [0.5, 0.6) is 0 Å². The number of rotatable bonds is 4. The molecule has 2 amide bonds. The first-order chi connectivity index (χ1) is 10.4. The standard InChI is InChI=1S/C13H13N3O5S/c1-3-6-15-12(18)10(22-13(15)14-8(2)17)7-9-4-5-11(21-9)16(19)20/h4-5,7H,3,6H2,1-2H3/b10-7-,14-13?. The molecule has 0 atom stereocenters. The van der Waals surface area contributed by atoms with Crippen molar-refractivity contribution in [2.24, 2.45) is 4.99 Å². The van der Waals surface area contributed by atoms with Gasteiger partial charge in [0, 0.05) is 19.5 Å². The minimum Gasteiger partial charge on any atom is -0.401 e. The number of nitrogens with zero attached hydrogens (tertiary/aromatic N) is 3. The maximum absolute atomic E-state index is 12.3. The average molecular weight is 323 g/mol. The van der Waals surface area contributed by atoms with Crippen molar-refractivity contribution < 1.29 is 18.9 Å². The van der Waals surface area contributed by atoms with Gasteiger partial charge in [0.15, 0.2) is 5.17 Å². The molecule has 0 radical (unpaired) electrons. The van der Waals surface area contributed by atoms with Crippen molar-refractivity contribution in [3.8, 4) is 0 Å². The lowest BCUT2D eigenvalue weighted by Gasteiger charge is -2.13. The Morgan fingerprint density at radius 1 is 1.55 bits per heavy atom. The van der Waals surface area contributed by atoms with Crippen molar-refractivity contribution in [3.05, 3.63) is 32.9 Å². The fraction of sp³-hybridized carbons (Fsp3) is 0.308. The Morgan fingerprint density at radius 2 is 2.27 bits per heavy atom. The van der Waals surface area contributed by atoms with Gasteiger partial charge in [-0.3, -0.25) is 24.6 Å². The van der Waals surface area contributed by atoms with Crippen LogP contribution in [-0.2, 0) is 9.59 Å². The van der Waals surface area contributed by atoms with E-state index in [9.17, 15) is 19.7 Å². The van der Waals surface area contributed by atoms with Crippen LogP contribution in [0.2, 0.25) is 0 Å². The fourth-order valence-electron chi connectivity index (χ4n) is 1.79. The van der Waals surface area contributed by atoms with Crippen LogP contribution >= 0.6 is 11.8 Å². The number of aliphatic imine (C=N–C) groups is 1. The third-order valence-corrected chi connectivity index (χ3v) is 3.66. The molecular weight excluding hydrogens is 310 g/mol. The predicted octanol–water partition coefficient (Wildman–Crippen LogP) is 2.42. The monoisotopic (exact) mass is 323 g/mol. The lowest BCUT2D eigenvalue weighted by Crippen LogP contribution is -2.30. The summed E-state index contributed by atoms with van der Waals surface area (Å²) in [6, 6.07) is 2.62. The third kappa shape index (κ3) is 3.42. The molecule has 2 heterocycles. The van der Waals surface area contributed by atoms with Crippen molar-refractivity contribution in [1.82, 2.24) is 4.90 Å². The number of nitro groups is 1. The fourth-order valence-corrected chi connectivity index (χ4v) is 2.82. The van der Waals surface area contributed by atoms with Crippen molar-refractivity contribution in [2.75, 3.05) is 6.54 Å². The van der Waals surface area contributed by atoms with Gasteiger partial charge in [0.25, 0.3) is 5.91 Å². The molecule has 1 saturated heterocycles. The van der Waals surface area contributed by atoms with Crippen LogP contribution < -0.4 is 0 Å². The number of thioether (sulfide) groups is 1. The Hall–Kier alpha value is -2.42. The van der Waals surface area contributed by atoms with Crippen LogP contribution in [0.1, 0.15) is 26.0 Å². The summed E-state index contributed by atoms with van der Waals surface area (Å²) >= 11 is 1.04. The maximum atomic E-state index is 12.3. The summed E-state index contributed by atoms with van der Waals surface area (Å²) in [5.41, 5.74) is 0. The first kappa shape index (κ1) is 16.0. The van der Waals surface area contributed by atoms with Crippen LogP contribution in [0, 0.1) is 10.1 Å². The summed E-state index contributed by atoms with van der Waals surface area (Å²) in [5, 5.41) is 10.9. The van der Waals surface area contributed by atoms with E-state index in [1.807, 2.05) is 6.92 Å². The van der Waals surface area contributed by atoms with Gasteiger partial charge in [-0.2, -0.15) is 4.99 Å². The van der Waals surface area contributed by atoms with Gasteiger partial charge in [-0.05, 0) is 24.2 Å². The van der Waals surface area contributed by atoms with Crippen molar-refractivity contribution in [3.63, 3.8) is 0 Å².